The highest BCUT2D eigenvalue weighted by Gasteiger charge is 2.42. The number of nitrogens with zero attached hydrogens (tertiary/aromatic N) is 4. The molecule has 1 N–H and O–H groups in total. The van der Waals surface area contributed by atoms with Crippen LogP contribution in [0.15, 0.2) is 5.11 Å². The second kappa shape index (κ2) is 5.01. The third kappa shape index (κ3) is 2.65. The fraction of sp³-hybridized carbons (Fsp3) is 1.00. The van der Waals surface area contributed by atoms with Crippen LogP contribution < -0.4 is 0 Å². The van der Waals surface area contributed by atoms with Gasteiger partial charge in [0.25, 0.3) is 0 Å². The minimum Gasteiger partial charge on any atom is -0.393 e. The Balaban J connectivity index is 1.83. The van der Waals surface area contributed by atoms with Crippen LogP contribution >= 0.6 is 0 Å². The lowest BCUT2D eigenvalue weighted by molar-refractivity contribution is -0.110. The standard InChI is InChI=1S/C10H18N4O2/c11-13-12-3-5-14-4-2-10(8-14)7-9(15)1-6-16-10/h9,15H,1-8H2/t9-,10-/m0/s1. The van der Waals surface area contributed by atoms with Crippen LogP contribution in [0.4, 0.5) is 0 Å². The van der Waals surface area contributed by atoms with Crippen molar-refractivity contribution in [2.45, 2.75) is 31.0 Å². The van der Waals surface area contributed by atoms with Crippen molar-refractivity contribution in [1.82, 2.24) is 4.90 Å². The summed E-state index contributed by atoms with van der Waals surface area (Å²) in [6.45, 7) is 3.77. The highest BCUT2D eigenvalue weighted by molar-refractivity contribution is 4.95. The van der Waals surface area contributed by atoms with E-state index < -0.39 is 0 Å². The molecule has 0 unspecified atom stereocenters. The quantitative estimate of drug-likeness (QED) is 0.441. The molecule has 6 heteroatoms. The molecule has 6 nitrogen and oxygen atoms in total. The number of aliphatic hydroxyl groups is 1. The molecule has 0 bridgehead atoms. The predicted octanol–water partition coefficient (Wildman–Crippen LogP) is 0.912. The molecule has 2 saturated heterocycles. The monoisotopic (exact) mass is 226 g/mol. The van der Waals surface area contributed by atoms with E-state index in [1.807, 2.05) is 0 Å². The first kappa shape index (κ1) is 11.7. The average molecular weight is 226 g/mol. The Kier molecular flexibility index (Phi) is 3.66. The molecule has 2 aliphatic rings. The van der Waals surface area contributed by atoms with Crippen molar-refractivity contribution in [1.29, 1.82) is 0 Å². The molecule has 0 saturated carbocycles. The van der Waals surface area contributed by atoms with E-state index in [4.69, 9.17) is 10.3 Å². The van der Waals surface area contributed by atoms with Gasteiger partial charge >= 0.3 is 0 Å². The third-order valence-electron chi connectivity index (χ3n) is 3.44. The summed E-state index contributed by atoms with van der Waals surface area (Å²) in [5, 5.41) is 13.2. The lowest BCUT2D eigenvalue weighted by Gasteiger charge is -2.36. The number of azide groups is 1. The van der Waals surface area contributed by atoms with Crippen LogP contribution in [-0.2, 0) is 4.74 Å². The van der Waals surface area contributed by atoms with Crippen molar-refractivity contribution in [3.63, 3.8) is 0 Å². The van der Waals surface area contributed by atoms with Gasteiger partial charge in [0.15, 0.2) is 0 Å². The van der Waals surface area contributed by atoms with Gasteiger partial charge in [-0.15, -0.1) is 0 Å². The van der Waals surface area contributed by atoms with Gasteiger partial charge in [-0.2, -0.15) is 0 Å². The topological polar surface area (TPSA) is 81.5 Å². The molecule has 0 radical (unpaired) electrons. The Labute approximate surface area is 94.8 Å². The maximum atomic E-state index is 9.67. The fourth-order valence-corrected chi connectivity index (χ4v) is 2.64. The van der Waals surface area contributed by atoms with E-state index in [1.165, 1.54) is 0 Å². The summed E-state index contributed by atoms with van der Waals surface area (Å²) in [5.74, 6) is 0. The average Bonchev–Trinajstić information content (AvgIpc) is 2.62. The zero-order chi connectivity index (χ0) is 11.4. The molecule has 0 aromatic carbocycles. The van der Waals surface area contributed by atoms with Crippen LogP contribution in [0.5, 0.6) is 0 Å². The molecule has 0 aromatic rings. The highest BCUT2D eigenvalue weighted by atomic mass is 16.5. The van der Waals surface area contributed by atoms with Crippen LogP contribution in [0.3, 0.4) is 0 Å². The van der Waals surface area contributed by atoms with E-state index in [0.29, 0.717) is 13.2 Å². The van der Waals surface area contributed by atoms with Crippen molar-refractivity contribution < 1.29 is 9.84 Å². The lowest BCUT2D eigenvalue weighted by atomic mass is 9.91. The van der Waals surface area contributed by atoms with Gasteiger partial charge in [0.05, 0.1) is 11.7 Å². The van der Waals surface area contributed by atoms with Crippen molar-refractivity contribution in [3.8, 4) is 0 Å². The van der Waals surface area contributed by atoms with E-state index in [0.717, 1.165) is 38.9 Å². The molecule has 0 amide bonds. The summed E-state index contributed by atoms with van der Waals surface area (Å²) in [6, 6.07) is 0. The van der Waals surface area contributed by atoms with Crippen LogP contribution in [0, 0.1) is 0 Å². The molecule has 90 valence electrons. The summed E-state index contributed by atoms with van der Waals surface area (Å²) >= 11 is 0. The van der Waals surface area contributed by atoms with Crippen molar-refractivity contribution in [2.24, 2.45) is 5.11 Å². The van der Waals surface area contributed by atoms with E-state index >= 15 is 0 Å². The molecule has 1 spiro atoms. The maximum Gasteiger partial charge on any atom is 0.0845 e. The zero-order valence-electron chi connectivity index (χ0n) is 9.38. The first-order valence-electron chi connectivity index (χ1n) is 5.79. The fourth-order valence-electron chi connectivity index (χ4n) is 2.64. The van der Waals surface area contributed by atoms with Gasteiger partial charge < -0.3 is 14.7 Å². The molecule has 2 fully saturated rings. The molecular formula is C10H18N4O2. The molecule has 16 heavy (non-hydrogen) atoms. The SMILES string of the molecule is [N-]=[N+]=NCCN1CC[C@]2(C[C@@H](O)CCO2)C1. The van der Waals surface area contributed by atoms with Gasteiger partial charge in [0.1, 0.15) is 0 Å². The maximum absolute atomic E-state index is 9.67. The number of ether oxygens (including phenoxy) is 1. The Bertz CT molecular complexity index is 293. The summed E-state index contributed by atoms with van der Waals surface area (Å²) in [5.41, 5.74) is 8.05. The van der Waals surface area contributed by atoms with Crippen molar-refractivity contribution in [2.75, 3.05) is 32.8 Å². The van der Waals surface area contributed by atoms with E-state index in [2.05, 4.69) is 14.9 Å². The first-order valence-corrected chi connectivity index (χ1v) is 5.79. The van der Waals surface area contributed by atoms with Gasteiger partial charge in [-0.3, -0.25) is 0 Å². The molecular weight excluding hydrogens is 208 g/mol. The minimum atomic E-state index is -0.217. The highest BCUT2D eigenvalue weighted by Crippen LogP contribution is 2.33. The van der Waals surface area contributed by atoms with Gasteiger partial charge in [-0.05, 0) is 18.4 Å². The number of hydrogen-bond donors (Lipinski definition) is 1. The smallest absolute Gasteiger partial charge is 0.0845 e. The Morgan fingerprint density at radius 2 is 2.50 bits per heavy atom. The van der Waals surface area contributed by atoms with E-state index in [9.17, 15) is 5.11 Å². The molecule has 0 aliphatic carbocycles. The van der Waals surface area contributed by atoms with Gasteiger partial charge in [0, 0.05) is 44.1 Å². The van der Waals surface area contributed by atoms with Gasteiger partial charge in [-0.25, -0.2) is 0 Å². The molecule has 2 heterocycles. The zero-order valence-corrected chi connectivity index (χ0v) is 9.38. The second-order valence-corrected chi connectivity index (χ2v) is 4.66. The molecule has 0 aromatic heterocycles. The van der Waals surface area contributed by atoms with Crippen molar-refractivity contribution >= 4 is 0 Å². The first-order chi connectivity index (χ1) is 7.74. The Hall–Kier alpha value is -0.810. The van der Waals surface area contributed by atoms with Gasteiger partial charge in [-0.1, -0.05) is 5.11 Å². The summed E-state index contributed by atoms with van der Waals surface area (Å²) < 4.78 is 5.83. The number of rotatable bonds is 3. The Morgan fingerprint density at radius 3 is 3.25 bits per heavy atom. The van der Waals surface area contributed by atoms with E-state index in [-0.39, 0.29) is 11.7 Å². The largest absolute Gasteiger partial charge is 0.393 e. The number of aliphatic hydroxyl groups excluding tert-OH is 1. The summed E-state index contributed by atoms with van der Waals surface area (Å²) in [6.07, 6.45) is 2.25. The molecule has 2 aliphatic heterocycles. The number of hydrogen-bond acceptors (Lipinski definition) is 4. The number of likely N-dealkylation sites (tertiary alicyclic amines) is 1. The minimum absolute atomic E-state index is 0.145. The van der Waals surface area contributed by atoms with Crippen LogP contribution in [0.1, 0.15) is 19.3 Å². The van der Waals surface area contributed by atoms with Crippen LogP contribution in [0.2, 0.25) is 0 Å². The third-order valence-corrected chi connectivity index (χ3v) is 3.44. The normalized spacial score (nSPS) is 35.2. The van der Waals surface area contributed by atoms with Crippen molar-refractivity contribution in [3.05, 3.63) is 10.4 Å². The van der Waals surface area contributed by atoms with E-state index in [1.54, 1.807) is 0 Å². The predicted molar refractivity (Wildman–Crippen MR) is 59.0 cm³/mol. The lowest BCUT2D eigenvalue weighted by Crippen LogP contribution is -2.44. The molecule has 2 rings (SSSR count). The summed E-state index contributed by atoms with van der Waals surface area (Å²) in [7, 11) is 0. The second-order valence-electron chi connectivity index (χ2n) is 4.66. The summed E-state index contributed by atoms with van der Waals surface area (Å²) in [4.78, 5) is 4.98. The Morgan fingerprint density at radius 1 is 1.62 bits per heavy atom. The van der Waals surface area contributed by atoms with Crippen LogP contribution in [-0.4, -0.2) is 54.5 Å². The van der Waals surface area contributed by atoms with Gasteiger partial charge in [0.2, 0.25) is 0 Å². The van der Waals surface area contributed by atoms with Crippen LogP contribution in [0.25, 0.3) is 10.4 Å². The molecule has 2 atom stereocenters.